The van der Waals surface area contributed by atoms with Gasteiger partial charge in [0.2, 0.25) is 0 Å². The fourth-order valence-corrected chi connectivity index (χ4v) is 0.903. The van der Waals surface area contributed by atoms with Crippen LogP contribution in [0.25, 0.3) is 0 Å². The van der Waals surface area contributed by atoms with Gasteiger partial charge in [-0.25, -0.2) is 9.78 Å². The lowest BCUT2D eigenvalue weighted by molar-refractivity contribution is -0.468. The van der Waals surface area contributed by atoms with Crippen molar-refractivity contribution in [3.63, 3.8) is 0 Å². The molecule has 1 aliphatic rings. The van der Waals surface area contributed by atoms with Crippen molar-refractivity contribution in [3.8, 4) is 0 Å². The van der Waals surface area contributed by atoms with Crippen molar-refractivity contribution < 1.29 is 19.6 Å². The Balaban J connectivity index is 2.01. The van der Waals surface area contributed by atoms with Gasteiger partial charge in [-0.05, 0) is 13.8 Å². The highest BCUT2D eigenvalue weighted by Crippen LogP contribution is 2.25. The van der Waals surface area contributed by atoms with Crippen molar-refractivity contribution in [3.05, 3.63) is 0 Å². The first kappa shape index (κ1) is 9.92. The van der Waals surface area contributed by atoms with Gasteiger partial charge in [0, 0.05) is 13.0 Å². The normalized spacial score (nSPS) is 31.2. The molecule has 0 bridgehead atoms. The van der Waals surface area contributed by atoms with Crippen LogP contribution in [0, 0.1) is 0 Å². The van der Waals surface area contributed by atoms with Crippen molar-refractivity contribution in [2.45, 2.75) is 32.0 Å². The van der Waals surface area contributed by atoms with E-state index in [2.05, 4.69) is 4.89 Å². The van der Waals surface area contributed by atoms with Crippen LogP contribution in [0.15, 0.2) is 0 Å². The van der Waals surface area contributed by atoms with Gasteiger partial charge < -0.3 is 9.84 Å². The van der Waals surface area contributed by atoms with Gasteiger partial charge in [0.05, 0.1) is 12.7 Å². The minimum atomic E-state index is -0.171. The molecule has 0 saturated carbocycles. The Morgan fingerprint density at radius 3 is 2.75 bits per heavy atom. The molecule has 1 heterocycles. The molecule has 2 atom stereocenters. The van der Waals surface area contributed by atoms with Crippen molar-refractivity contribution in [1.29, 1.82) is 0 Å². The van der Waals surface area contributed by atoms with Crippen LogP contribution in [-0.4, -0.2) is 36.6 Å². The van der Waals surface area contributed by atoms with Crippen LogP contribution in [0.5, 0.6) is 0 Å². The van der Waals surface area contributed by atoms with Crippen molar-refractivity contribution in [2.24, 2.45) is 0 Å². The van der Waals surface area contributed by atoms with E-state index in [0.717, 1.165) is 6.42 Å². The zero-order valence-electron chi connectivity index (χ0n) is 7.58. The summed E-state index contributed by atoms with van der Waals surface area (Å²) < 4.78 is 5.28. The molecule has 4 nitrogen and oxygen atoms in total. The maximum atomic E-state index is 8.65. The lowest BCUT2D eigenvalue weighted by atomic mass is 10.0. The summed E-state index contributed by atoms with van der Waals surface area (Å²) in [5.41, 5.74) is -0.171. The van der Waals surface area contributed by atoms with Gasteiger partial charge in [-0.1, -0.05) is 0 Å². The number of aliphatic hydroxyl groups excluding tert-OH is 1. The van der Waals surface area contributed by atoms with Crippen molar-refractivity contribution in [2.75, 3.05) is 19.8 Å². The molecular weight excluding hydrogens is 160 g/mol. The highest BCUT2D eigenvalue weighted by Gasteiger charge is 2.35. The maximum Gasteiger partial charge on any atom is 0.129 e. The molecule has 0 spiro atoms. The van der Waals surface area contributed by atoms with E-state index in [0.29, 0.717) is 13.2 Å². The monoisotopic (exact) mass is 176 g/mol. The first-order valence-corrected chi connectivity index (χ1v) is 4.19. The second-order valence-electron chi connectivity index (χ2n) is 3.41. The van der Waals surface area contributed by atoms with Crippen molar-refractivity contribution >= 4 is 0 Å². The van der Waals surface area contributed by atoms with Crippen LogP contribution in [0.3, 0.4) is 0 Å². The third-order valence-electron chi connectivity index (χ3n) is 1.91. The molecular formula is C8H16O4. The summed E-state index contributed by atoms with van der Waals surface area (Å²) >= 11 is 0. The molecule has 1 rings (SSSR count). The Morgan fingerprint density at radius 1 is 1.67 bits per heavy atom. The molecule has 1 aliphatic heterocycles. The highest BCUT2D eigenvalue weighted by molar-refractivity contribution is 4.76. The van der Waals surface area contributed by atoms with Gasteiger partial charge in [0.1, 0.15) is 12.2 Å². The van der Waals surface area contributed by atoms with E-state index >= 15 is 0 Å². The molecule has 12 heavy (non-hydrogen) atoms. The van der Waals surface area contributed by atoms with Crippen LogP contribution >= 0.6 is 0 Å². The minimum absolute atomic E-state index is 0.0636. The number of hydrogen-bond acceptors (Lipinski definition) is 4. The third kappa shape index (κ3) is 2.71. The molecule has 1 fully saturated rings. The van der Waals surface area contributed by atoms with Gasteiger partial charge >= 0.3 is 0 Å². The van der Waals surface area contributed by atoms with Crippen LogP contribution in [0.1, 0.15) is 20.3 Å². The van der Waals surface area contributed by atoms with Crippen LogP contribution in [0.4, 0.5) is 0 Å². The smallest absolute Gasteiger partial charge is 0.129 e. The van der Waals surface area contributed by atoms with Crippen LogP contribution in [0.2, 0.25) is 0 Å². The fourth-order valence-electron chi connectivity index (χ4n) is 0.903. The summed E-state index contributed by atoms with van der Waals surface area (Å²) in [5.74, 6) is 0. The Labute approximate surface area is 72.4 Å². The topological polar surface area (TPSA) is 47.9 Å². The minimum Gasteiger partial charge on any atom is -0.394 e. The average Bonchev–Trinajstić information content (AvgIpc) is 2.01. The Bertz CT molecular complexity index is 133. The van der Waals surface area contributed by atoms with E-state index in [1.54, 1.807) is 0 Å². The summed E-state index contributed by atoms with van der Waals surface area (Å²) in [6.45, 7) is 5.10. The molecule has 4 heteroatoms. The Morgan fingerprint density at radius 2 is 2.33 bits per heavy atom. The quantitative estimate of drug-likeness (QED) is 0.619. The molecule has 1 N–H and O–H groups in total. The molecule has 72 valence electrons. The molecule has 0 aliphatic carbocycles. The number of rotatable bonds is 5. The average molecular weight is 176 g/mol. The summed E-state index contributed by atoms with van der Waals surface area (Å²) in [7, 11) is 0. The lowest BCUT2D eigenvalue weighted by Crippen LogP contribution is -2.45. The molecule has 0 aromatic rings. The fraction of sp³-hybridized carbons (Fsp3) is 1.00. The van der Waals surface area contributed by atoms with Gasteiger partial charge in [-0.2, -0.15) is 0 Å². The van der Waals surface area contributed by atoms with E-state index < -0.39 is 0 Å². The van der Waals surface area contributed by atoms with Gasteiger partial charge in [-0.15, -0.1) is 0 Å². The van der Waals surface area contributed by atoms with Crippen LogP contribution in [-0.2, 0) is 14.5 Å². The maximum absolute atomic E-state index is 8.65. The second kappa shape index (κ2) is 4.18. The predicted molar refractivity (Wildman–Crippen MR) is 42.6 cm³/mol. The van der Waals surface area contributed by atoms with E-state index in [9.17, 15) is 0 Å². The standard InChI is InChI=1S/C8H16O4/c1-7(5-9)10-4-3-8(2)6-11-12-8/h7,9H,3-6H2,1-2H3. The molecule has 0 amide bonds. The van der Waals surface area contributed by atoms with Crippen molar-refractivity contribution in [1.82, 2.24) is 0 Å². The van der Waals surface area contributed by atoms with E-state index in [1.165, 1.54) is 0 Å². The third-order valence-corrected chi connectivity index (χ3v) is 1.91. The SMILES string of the molecule is CC(CO)OCCC1(C)COO1. The summed E-state index contributed by atoms with van der Waals surface area (Å²) in [6, 6.07) is 0. The van der Waals surface area contributed by atoms with Gasteiger partial charge in [0.25, 0.3) is 0 Å². The zero-order chi connectivity index (χ0) is 9.03. The second-order valence-corrected chi connectivity index (χ2v) is 3.41. The number of aliphatic hydroxyl groups is 1. The Hall–Kier alpha value is -0.160. The van der Waals surface area contributed by atoms with E-state index in [4.69, 9.17) is 14.7 Å². The predicted octanol–water partition coefficient (Wildman–Crippen LogP) is 0.494. The number of hydrogen-bond donors (Lipinski definition) is 1. The van der Waals surface area contributed by atoms with E-state index in [1.807, 2.05) is 13.8 Å². The molecule has 0 aromatic heterocycles. The summed E-state index contributed by atoms with van der Waals surface area (Å²) in [6.07, 6.45) is 0.715. The molecule has 0 aromatic carbocycles. The Kier molecular flexibility index (Phi) is 3.46. The molecule has 1 saturated heterocycles. The number of ether oxygens (including phenoxy) is 1. The largest absolute Gasteiger partial charge is 0.394 e. The first-order chi connectivity index (χ1) is 5.66. The zero-order valence-corrected chi connectivity index (χ0v) is 7.58. The van der Waals surface area contributed by atoms with Crippen LogP contribution < -0.4 is 0 Å². The summed E-state index contributed by atoms with van der Waals surface area (Å²) in [4.78, 5) is 9.51. The molecule has 0 radical (unpaired) electrons. The summed E-state index contributed by atoms with van der Waals surface area (Å²) in [5, 5.41) is 8.65. The van der Waals surface area contributed by atoms with Gasteiger partial charge in [-0.3, -0.25) is 0 Å². The first-order valence-electron chi connectivity index (χ1n) is 4.19. The van der Waals surface area contributed by atoms with E-state index in [-0.39, 0.29) is 18.3 Å². The highest BCUT2D eigenvalue weighted by atomic mass is 17.2. The lowest BCUT2D eigenvalue weighted by Gasteiger charge is -2.36. The van der Waals surface area contributed by atoms with Gasteiger partial charge in [0.15, 0.2) is 0 Å². The molecule has 2 unspecified atom stereocenters.